The second-order valence-corrected chi connectivity index (χ2v) is 11.5. The molecule has 8 heteroatoms. The fourth-order valence-electron chi connectivity index (χ4n) is 6.19. The molecule has 31 heavy (non-hydrogen) atoms. The van der Waals surface area contributed by atoms with E-state index in [1.807, 2.05) is 0 Å². The lowest BCUT2D eigenvalue weighted by Crippen LogP contribution is -2.50. The molecule has 1 aromatic heterocycles. The highest BCUT2D eigenvalue weighted by Crippen LogP contribution is 2.60. The first-order valence-corrected chi connectivity index (χ1v) is 12.6. The van der Waals surface area contributed by atoms with Crippen molar-refractivity contribution in [3.05, 3.63) is 52.7 Å². The molecular formula is C23H26ClN3O3S. The van der Waals surface area contributed by atoms with Gasteiger partial charge in [0.05, 0.1) is 17.0 Å². The zero-order valence-electron chi connectivity index (χ0n) is 17.4. The number of nitrogens with one attached hydrogen (secondary N) is 2. The maximum Gasteiger partial charge on any atom is 0.263 e. The van der Waals surface area contributed by atoms with Crippen molar-refractivity contribution in [2.45, 2.75) is 55.9 Å². The van der Waals surface area contributed by atoms with Crippen molar-refractivity contribution in [3.63, 3.8) is 0 Å². The van der Waals surface area contributed by atoms with Gasteiger partial charge in [0.15, 0.2) is 0 Å². The molecule has 2 atom stereocenters. The van der Waals surface area contributed by atoms with Gasteiger partial charge in [-0.3, -0.25) is 9.52 Å². The first kappa shape index (κ1) is 20.8. The molecule has 4 fully saturated rings. The van der Waals surface area contributed by atoms with E-state index in [-0.39, 0.29) is 28.6 Å². The highest BCUT2D eigenvalue weighted by Gasteiger charge is 2.58. The first-order valence-electron chi connectivity index (χ1n) is 10.8. The molecule has 1 amide bonds. The van der Waals surface area contributed by atoms with E-state index in [4.69, 9.17) is 11.6 Å². The largest absolute Gasteiger partial charge is 0.350 e. The Morgan fingerprint density at radius 2 is 1.84 bits per heavy atom. The topological polar surface area (TPSA) is 88.2 Å². The molecule has 0 aliphatic heterocycles. The molecule has 6 rings (SSSR count). The summed E-state index contributed by atoms with van der Waals surface area (Å²) < 4.78 is 28.1. The van der Waals surface area contributed by atoms with Crippen LogP contribution in [0.1, 0.15) is 43.4 Å². The average Bonchev–Trinajstić information content (AvgIpc) is 3.06. The molecule has 2 aromatic rings. The van der Waals surface area contributed by atoms with Crippen LogP contribution in [0.15, 0.2) is 41.3 Å². The van der Waals surface area contributed by atoms with Crippen LogP contribution in [0.2, 0.25) is 5.02 Å². The maximum atomic E-state index is 12.8. The number of nitrogens with zero attached hydrogens (tertiary/aromatic N) is 1. The fraction of sp³-hybridized carbons (Fsp3) is 0.478. The zero-order chi connectivity index (χ0) is 21.8. The molecular weight excluding hydrogens is 434 g/mol. The van der Waals surface area contributed by atoms with Crippen LogP contribution in [0.25, 0.3) is 0 Å². The summed E-state index contributed by atoms with van der Waals surface area (Å²) >= 11 is 6.07. The smallest absolute Gasteiger partial charge is 0.263 e. The van der Waals surface area contributed by atoms with Gasteiger partial charge in [-0.2, -0.15) is 0 Å². The standard InChI is InChI=1S/C23H26ClN3O3S/c1-14-19(24)5-3-6-20(14)31(29,30)27-21-7-2-4-18(25-21)11-22(28)26-23-12-15-8-16(13-23)10-17(23)9-15/h2-7,15-17H,8-13H2,1H3,(H,25,27)(H,26,28). The van der Waals surface area contributed by atoms with Gasteiger partial charge >= 0.3 is 0 Å². The van der Waals surface area contributed by atoms with Gasteiger partial charge in [-0.25, -0.2) is 13.4 Å². The molecule has 6 nitrogen and oxygen atoms in total. The minimum Gasteiger partial charge on any atom is -0.350 e. The summed E-state index contributed by atoms with van der Waals surface area (Å²) in [4.78, 5) is 17.3. The number of hydrogen-bond acceptors (Lipinski definition) is 4. The molecule has 0 spiro atoms. The van der Waals surface area contributed by atoms with Crippen molar-refractivity contribution in [3.8, 4) is 0 Å². The molecule has 164 valence electrons. The number of amides is 1. The van der Waals surface area contributed by atoms with Gasteiger partial charge in [0.1, 0.15) is 5.82 Å². The SMILES string of the molecule is Cc1c(Cl)cccc1S(=O)(=O)Nc1cccc(CC(=O)NC23CC4CC(CC2C4)C3)n1. The maximum absolute atomic E-state index is 12.8. The third-order valence-electron chi connectivity index (χ3n) is 7.27. The van der Waals surface area contributed by atoms with Crippen LogP contribution in [-0.4, -0.2) is 24.8 Å². The van der Waals surface area contributed by atoms with Crippen LogP contribution in [0, 0.1) is 24.7 Å². The van der Waals surface area contributed by atoms with E-state index in [0.29, 0.717) is 22.2 Å². The number of hydrogen-bond donors (Lipinski definition) is 2. The van der Waals surface area contributed by atoms with E-state index in [1.54, 1.807) is 37.3 Å². The number of carbonyl (C=O) groups excluding carboxylic acids is 1. The van der Waals surface area contributed by atoms with E-state index in [2.05, 4.69) is 15.0 Å². The van der Waals surface area contributed by atoms with Crippen molar-refractivity contribution < 1.29 is 13.2 Å². The van der Waals surface area contributed by atoms with E-state index in [0.717, 1.165) is 24.7 Å². The van der Waals surface area contributed by atoms with Gasteiger partial charge in [-0.1, -0.05) is 23.7 Å². The number of halogens is 1. The van der Waals surface area contributed by atoms with Gasteiger partial charge < -0.3 is 5.32 Å². The van der Waals surface area contributed by atoms with Gasteiger partial charge in [-0.15, -0.1) is 0 Å². The van der Waals surface area contributed by atoms with Crippen molar-refractivity contribution in [1.29, 1.82) is 0 Å². The quantitative estimate of drug-likeness (QED) is 0.681. The number of rotatable bonds is 6. The monoisotopic (exact) mass is 459 g/mol. The van der Waals surface area contributed by atoms with Gasteiger partial charge in [0, 0.05) is 10.6 Å². The molecule has 1 aromatic carbocycles. The van der Waals surface area contributed by atoms with E-state index < -0.39 is 10.0 Å². The molecule has 0 radical (unpaired) electrons. The lowest BCUT2D eigenvalue weighted by Gasteiger charge is -2.34. The molecule has 4 aliphatic rings. The van der Waals surface area contributed by atoms with Crippen molar-refractivity contribution in [1.82, 2.24) is 10.3 Å². The summed E-state index contributed by atoms with van der Waals surface area (Å²) in [6.07, 6.45) is 6.16. The predicted molar refractivity (Wildman–Crippen MR) is 119 cm³/mol. The first-order chi connectivity index (χ1) is 14.7. The Hall–Kier alpha value is -2.12. The number of benzene rings is 1. The Morgan fingerprint density at radius 1 is 1.13 bits per heavy atom. The van der Waals surface area contributed by atoms with Crippen LogP contribution in [0.3, 0.4) is 0 Å². The molecule has 2 N–H and O–H groups in total. The van der Waals surface area contributed by atoms with Crippen LogP contribution in [0.5, 0.6) is 0 Å². The lowest BCUT2D eigenvalue weighted by atomic mass is 9.80. The lowest BCUT2D eigenvalue weighted by molar-refractivity contribution is -0.122. The number of aromatic nitrogens is 1. The molecule has 1 heterocycles. The summed E-state index contributed by atoms with van der Waals surface area (Å²) in [6.45, 7) is 1.66. The fourth-order valence-corrected chi connectivity index (χ4v) is 7.69. The Kier molecular flexibility index (Phi) is 5.01. The summed E-state index contributed by atoms with van der Waals surface area (Å²) in [5.74, 6) is 2.30. The van der Waals surface area contributed by atoms with Gasteiger partial charge in [0.25, 0.3) is 10.0 Å². The number of pyridine rings is 1. The highest BCUT2D eigenvalue weighted by atomic mass is 35.5. The highest BCUT2D eigenvalue weighted by molar-refractivity contribution is 7.92. The third-order valence-corrected chi connectivity index (χ3v) is 9.18. The van der Waals surface area contributed by atoms with Crippen LogP contribution < -0.4 is 10.0 Å². The van der Waals surface area contributed by atoms with Crippen molar-refractivity contribution in [2.24, 2.45) is 17.8 Å². The Morgan fingerprint density at radius 3 is 2.58 bits per heavy atom. The molecule has 4 aliphatic carbocycles. The molecule has 4 saturated carbocycles. The van der Waals surface area contributed by atoms with Crippen LogP contribution in [0.4, 0.5) is 5.82 Å². The Bertz CT molecular complexity index is 1140. The van der Waals surface area contributed by atoms with Crippen LogP contribution in [-0.2, 0) is 21.2 Å². The van der Waals surface area contributed by atoms with E-state index in [1.165, 1.54) is 25.3 Å². The molecule has 2 unspecified atom stereocenters. The summed E-state index contributed by atoms with van der Waals surface area (Å²) in [5, 5.41) is 3.72. The Balaban J connectivity index is 1.28. The van der Waals surface area contributed by atoms with Crippen molar-refractivity contribution in [2.75, 3.05) is 4.72 Å². The predicted octanol–water partition coefficient (Wildman–Crippen LogP) is 4.08. The zero-order valence-corrected chi connectivity index (χ0v) is 19.0. The van der Waals surface area contributed by atoms with E-state index >= 15 is 0 Å². The van der Waals surface area contributed by atoms with E-state index in [9.17, 15) is 13.2 Å². The Labute approximate surface area is 187 Å². The molecule has 0 saturated heterocycles. The molecule has 4 bridgehead atoms. The van der Waals surface area contributed by atoms with Crippen molar-refractivity contribution >= 4 is 33.3 Å². The second-order valence-electron chi connectivity index (χ2n) is 9.41. The number of carbonyl (C=O) groups is 1. The normalized spacial score (nSPS) is 28.6. The van der Waals surface area contributed by atoms with Crippen LogP contribution >= 0.6 is 11.6 Å². The summed E-state index contributed by atoms with van der Waals surface area (Å²) in [5.41, 5.74) is 0.996. The summed E-state index contributed by atoms with van der Waals surface area (Å²) in [7, 11) is -3.84. The number of anilines is 1. The minimum absolute atomic E-state index is 0.0199. The van der Waals surface area contributed by atoms with Gasteiger partial charge in [0.2, 0.25) is 5.91 Å². The minimum atomic E-state index is -3.84. The average molecular weight is 460 g/mol. The number of sulfonamides is 1. The van der Waals surface area contributed by atoms with Gasteiger partial charge in [-0.05, 0) is 86.6 Å². The second kappa shape index (κ2) is 7.48. The summed E-state index contributed by atoms with van der Waals surface area (Å²) in [6, 6.07) is 9.79. The third kappa shape index (κ3) is 3.82.